The van der Waals surface area contributed by atoms with Crippen LogP contribution in [0, 0.1) is 0 Å². The molecule has 0 aliphatic heterocycles. The summed E-state index contributed by atoms with van der Waals surface area (Å²) in [5, 5.41) is 0. The molecule has 0 saturated carbocycles. The average Bonchev–Trinajstić information content (AvgIpc) is 2.03. The van der Waals surface area contributed by atoms with Crippen molar-refractivity contribution in [1.82, 2.24) is 0 Å². The van der Waals surface area contributed by atoms with Gasteiger partial charge in [0.1, 0.15) is 0 Å². The Morgan fingerprint density at radius 3 is 1.57 bits per heavy atom. The van der Waals surface area contributed by atoms with E-state index in [0.29, 0.717) is 0 Å². The minimum atomic E-state index is -6.15. The van der Waals surface area contributed by atoms with Gasteiger partial charge in [0.2, 0.25) is 0 Å². The fourth-order valence-electron chi connectivity index (χ4n) is 0.484. The molecule has 0 aromatic rings. The summed E-state index contributed by atoms with van der Waals surface area (Å²) in [5.74, 6) is -20.6. The van der Waals surface area contributed by atoms with Crippen LogP contribution in [0.3, 0.4) is 0 Å². The Labute approximate surface area is 73.2 Å². The zero-order chi connectivity index (χ0) is 11.8. The highest BCUT2D eigenvalue weighted by atomic mass is 19.4. The van der Waals surface area contributed by atoms with Crippen LogP contribution in [0.5, 0.6) is 0 Å². The summed E-state index contributed by atoms with van der Waals surface area (Å²) < 4.78 is 95.7. The highest BCUT2D eigenvalue weighted by molar-refractivity contribution is 5.10. The molecule has 0 radical (unpaired) electrons. The Kier molecular flexibility index (Phi) is 3.19. The highest BCUT2D eigenvalue weighted by Gasteiger charge is 2.73. The normalized spacial score (nSPS) is 14.3. The molecule has 0 atom stereocenters. The Morgan fingerprint density at radius 1 is 1.00 bits per heavy atom. The van der Waals surface area contributed by atoms with E-state index >= 15 is 0 Å². The molecular weight excluding hydrogens is 224 g/mol. The van der Waals surface area contributed by atoms with Crippen LogP contribution >= 0.6 is 0 Å². The first-order valence-electron chi connectivity index (χ1n) is 3.05. The van der Waals surface area contributed by atoms with Gasteiger partial charge in [-0.3, -0.25) is 0 Å². The van der Waals surface area contributed by atoms with Crippen molar-refractivity contribution in [2.45, 2.75) is 17.8 Å². The molecule has 0 spiro atoms. The monoisotopic (exact) mass is 228 g/mol. The largest absolute Gasteiger partial charge is 0.381 e. The van der Waals surface area contributed by atoms with E-state index in [9.17, 15) is 35.1 Å². The Hall–Kier alpha value is -0.820. The molecule has 0 aliphatic rings. The second kappa shape index (κ2) is 3.39. The van der Waals surface area contributed by atoms with Crippen LogP contribution in [0.4, 0.5) is 35.1 Å². The van der Waals surface area contributed by atoms with Crippen molar-refractivity contribution in [3.05, 3.63) is 12.4 Å². The van der Waals surface area contributed by atoms with Gasteiger partial charge in [0.25, 0.3) is 0 Å². The fourth-order valence-corrected chi connectivity index (χ4v) is 0.484. The summed E-state index contributed by atoms with van der Waals surface area (Å²) in [6.45, 7) is -1.24. The standard InChI is InChI=1S/C6H4F8/c1-3(8)5(11,12)6(13,14)4(9,10)2-7/h1-2H2. The van der Waals surface area contributed by atoms with Crippen molar-refractivity contribution in [1.29, 1.82) is 0 Å². The van der Waals surface area contributed by atoms with Crippen molar-refractivity contribution < 1.29 is 35.1 Å². The summed E-state index contributed by atoms with van der Waals surface area (Å²) in [6, 6.07) is 0. The number of halogens is 8. The van der Waals surface area contributed by atoms with Crippen molar-refractivity contribution in [3.8, 4) is 0 Å². The van der Waals surface area contributed by atoms with Crippen molar-refractivity contribution in [2.75, 3.05) is 6.67 Å². The quantitative estimate of drug-likeness (QED) is 0.647. The van der Waals surface area contributed by atoms with Crippen molar-refractivity contribution >= 4 is 0 Å². The maximum Gasteiger partial charge on any atom is 0.381 e. The SMILES string of the molecule is C=C(F)C(F)(F)C(F)(F)C(F)(F)CF. The minimum Gasteiger partial charge on any atom is -0.244 e. The molecule has 0 aromatic carbocycles. The van der Waals surface area contributed by atoms with E-state index in [-0.39, 0.29) is 0 Å². The van der Waals surface area contributed by atoms with Crippen molar-refractivity contribution in [2.24, 2.45) is 0 Å². The topological polar surface area (TPSA) is 0 Å². The lowest BCUT2D eigenvalue weighted by Crippen LogP contribution is -2.55. The van der Waals surface area contributed by atoms with E-state index in [1.807, 2.05) is 0 Å². The maximum atomic E-state index is 12.2. The van der Waals surface area contributed by atoms with Gasteiger partial charge in [0, 0.05) is 0 Å². The first kappa shape index (κ1) is 13.2. The first-order chi connectivity index (χ1) is 6.00. The highest BCUT2D eigenvalue weighted by Crippen LogP contribution is 2.49. The van der Waals surface area contributed by atoms with Crippen LogP contribution in [0.25, 0.3) is 0 Å². The zero-order valence-electron chi connectivity index (χ0n) is 6.44. The molecular formula is C6H4F8. The molecule has 14 heavy (non-hydrogen) atoms. The van der Waals surface area contributed by atoms with Crippen LogP contribution < -0.4 is 0 Å². The average molecular weight is 228 g/mol. The van der Waals surface area contributed by atoms with E-state index in [0.717, 1.165) is 0 Å². The van der Waals surface area contributed by atoms with Gasteiger partial charge in [0.15, 0.2) is 12.5 Å². The molecule has 0 rings (SSSR count). The maximum absolute atomic E-state index is 12.2. The molecule has 0 N–H and O–H groups in total. The van der Waals surface area contributed by atoms with E-state index in [2.05, 4.69) is 0 Å². The van der Waals surface area contributed by atoms with Gasteiger partial charge in [-0.2, -0.15) is 26.3 Å². The van der Waals surface area contributed by atoms with Gasteiger partial charge in [-0.1, -0.05) is 6.58 Å². The van der Waals surface area contributed by atoms with E-state index in [1.54, 1.807) is 6.58 Å². The van der Waals surface area contributed by atoms with Gasteiger partial charge >= 0.3 is 17.8 Å². The zero-order valence-corrected chi connectivity index (χ0v) is 6.44. The molecule has 0 nitrogen and oxygen atoms in total. The number of allylic oxidation sites excluding steroid dienone is 1. The lowest BCUT2D eigenvalue weighted by atomic mass is 10.1. The molecule has 0 bridgehead atoms. The van der Waals surface area contributed by atoms with Crippen LogP contribution in [-0.2, 0) is 0 Å². The molecule has 0 heterocycles. The van der Waals surface area contributed by atoms with Crippen molar-refractivity contribution in [3.63, 3.8) is 0 Å². The second-order valence-corrected chi connectivity index (χ2v) is 2.39. The Bertz CT molecular complexity index is 230. The molecule has 0 fully saturated rings. The van der Waals surface area contributed by atoms with E-state index in [1.165, 1.54) is 0 Å². The fraction of sp³-hybridized carbons (Fsp3) is 0.667. The third-order valence-corrected chi connectivity index (χ3v) is 1.36. The second-order valence-electron chi connectivity index (χ2n) is 2.39. The van der Waals surface area contributed by atoms with Gasteiger partial charge in [-0.15, -0.1) is 0 Å². The first-order valence-corrected chi connectivity index (χ1v) is 3.05. The summed E-state index contributed by atoms with van der Waals surface area (Å²) in [6.07, 6.45) is 0. The van der Waals surface area contributed by atoms with Gasteiger partial charge in [-0.05, 0) is 0 Å². The number of alkyl halides is 7. The van der Waals surface area contributed by atoms with Crippen LogP contribution in [-0.4, -0.2) is 24.4 Å². The lowest BCUT2D eigenvalue weighted by molar-refractivity contribution is -0.303. The van der Waals surface area contributed by atoms with E-state index < -0.39 is 30.3 Å². The lowest BCUT2D eigenvalue weighted by Gasteiger charge is -2.29. The molecule has 0 aromatic heterocycles. The number of hydrogen-bond acceptors (Lipinski definition) is 0. The molecule has 0 saturated heterocycles. The van der Waals surface area contributed by atoms with Crippen LogP contribution in [0.15, 0.2) is 12.4 Å². The van der Waals surface area contributed by atoms with Gasteiger partial charge in [0.05, 0.1) is 0 Å². The molecule has 0 amide bonds. The predicted octanol–water partition coefficient (Wildman–Crippen LogP) is 3.35. The summed E-state index contributed by atoms with van der Waals surface area (Å²) in [4.78, 5) is 0. The Morgan fingerprint density at radius 2 is 1.36 bits per heavy atom. The number of hydrogen-bond donors (Lipinski definition) is 0. The molecule has 0 unspecified atom stereocenters. The summed E-state index contributed by atoms with van der Waals surface area (Å²) >= 11 is 0. The third-order valence-electron chi connectivity index (χ3n) is 1.36. The smallest absolute Gasteiger partial charge is 0.244 e. The summed E-state index contributed by atoms with van der Waals surface area (Å²) in [7, 11) is 0. The molecule has 0 aliphatic carbocycles. The van der Waals surface area contributed by atoms with E-state index in [4.69, 9.17) is 0 Å². The predicted molar refractivity (Wildman–Crippen MR) is 31.1 cm³/mol. The Balaban J connectivity index is 5.24. The van der Waals surface area contributed by atoms with Crippen LogP contribution in [0.2, 0.25) is 0 Å². The van der Waals surface area contributed by atoms with Gasteiger partial charge < -0.3 is 0 Å². The molecule has 8 heteroatoms. The van der Waals surface area contributed by atoms with Crippen LogP contribution in [0.1, 0.15) is 0 Å². The van der Waals surface area contributed by atoms with Gasteiger partial charge in [-0.25, -0.2) is 8.78 Å². The minimum absolute atomic E-state index is 1.79. The summed E-state index contributed by atoms with van der Waals surface area (Å²) in [5.41, 5.74) is 0. The molecule has 84 valence electrons. The third kappa shape index (κ3) is 1.69. The number of rotatable bonds is 4.